The standard InChI is InChI=1S/C38H39FO7/c1-2-42-38(40)33(39)35-37(45-26-31-21-13-6-14-22-31)36(44-25-30-19-11-5-12-20-30)34(43-24-29-17-9-4-10-18-29)32(46-35)27-41-23-28-15-7-3-8-16-28/h3-22,32,34,36-37H,2,23-27H2,1H3/b35-33-/t32-,34-,36+,37-/m1/s1. The molecule has 4 aromatic rings. The van der Waals surface area contributed by atoms with Gasteiger partial charge in [-0.25, -0.2) is 4.79 Å². The first-order chi connectivity index (χ1) is 22.6. The molecule has 8 heteroatoms. The molecule has 1 saturated heterocycles. The van der Waals surface area contributed by atoms with Crippen LogP contribution in [0.4, 0.5) is 4.39 Å². The van der Waals surface area contributed by atoms with Crippen molar-refractivity contribution in [2.24, 2.45) is 0 Å². The van der Waals surface area contributed by atoms with Crippen LogP contribution in [0.15, 0.2) is 133 Å². The van der Waals surface area contributed by atoms with E-state index in [4.69, 9.17) is 28.4 Å². The van der Waals surface area contributed by atoms with Crippen molar-refractivity contribution in [3.63, 3.8) is 0 Å². The predicted octanol–water partition coefficient (Wildman–Crippen LogP) is 7.10. The molecule has 4 atom stereocenters. The summed E-state index contributed by atoms with van der Waals surface area (Å²) >= 11 is 0. The fourth-order valence-electron chi connectivity index (χ4n) is 5.15. The Morgan fingerprint density at radius 3 is 1.54 bits per heavy atom. The predicted molar refractivity (Wildman–Crippen MR) is 171 cm³/mol. The lowest BCUT2D eigenvalue weighted by Gasteiger charge is -2.43. The van der Waals surface area contributed by atoms with Crippen LogP contribution in [-0.2, 0) is 59.6 Å². The molecule has 0 amide bonds. The Bertz CT molecular complexity index is 1500. The average molecular weight is 627 g/mol. The molecule has 0 radical (unpaired) electrons. The first kappa shape index (κ1) is 33.0. The number of carbonyl (C=O) groups is 1. The average Bonchev–Trinajstić information content (AvgIpc) is 3.11. The van der Waals surface area contributed by atoms with Crippen molar-refractivity contribution in [3.8, 4) is 0 Å². The first-order valence-corrected chi connectivity index (χ1v) is 15.4. The molecule has 46 heavy (non-hydrogen) atoms. The number of hydrogen-bond acceptors (Lipinski definition) is 7. The summed E-state index contributed by atoms with van der Waals surface area (Å²) in [6, 6.07) is 38.5. The van der Waals surface area contributed by atoms with Crippen LogP contribution in [-0.4, -0.2) is 43.6 Å². The van der Waals surface area contributed by atoms with Crippen LogP contribution in [0.5, 0.6) is 0 Å². The van der Waals surface area contributed by atoms with Gasteiger partial charge in [-0.2, -0.15) is 4.39 Å². The van der Waals surface area contributed by atoms with Gasteiger partial charge in [-0.15, -0.1) is 0 Å². The molecule has 1 fully saturated rings. The summed E-state index contributed by atoms with van der Waals surface area (Å²) in [6.45, 7) is 2.48. The third-order valence-corrected chi connectivity index (χ3v) is 7.43. The maximum absolute atomic E-state index is 16.0. The molecule has 0 unspecified atom stereocenters. The monoisotopic (exact) mass is 626 g/mol. The molecule has 240 valence electrons. The van der Waals surface area contributed by atoms with Crippen molar-refractivity contribution in [3.05, 3.63) is 155 Å². The molecule has 0 aliphatic carbocycles. The second-order valence-electron chi connectivity index (χ2n) is 10.8. The molecule has 0 aromatic heterocycles. The quantitative estimate of drug-likeness (QED) is 0.103. The topological polar surface area (TPSA) is 72.5 Å². The molecule has 7 nitrogen and oxygen atoms in total. The molecule has 1 aliphatic rings. The van der Waals surface area contributed by atoms with Crippen LogP contribution in [0.3, 0.4) is 0 Å². The highest BCUT2D eigenvalue weighted by Crippen LogP contribution is 2.35. The van der Waals surface area contributed by atoms with Crippen LogP contribution in [0.25, 0.3) is 0 Å². The second kappa shape index (κ2) is 17.4. The summed E-state index contributed by atoms with van der Waals surface area (Å²) in [6.07, 6.45) is -3.64. The summed E-state index contributed by atoms with van der Waals surface area (Å²) in [5.41, 5.74) is 3.67. The molecule has 0 spiro atoms. The normalized spacial score (nSPS) is 20.5. The highest BCUT2D eigenvalue weighted by molar-refractivity contribution is 5.86. The van der Waals surface area contributed by atoms with E-state index >= 15 is 4.39 Å². The highest BCUT2D eigenvalue weighted by Gasteiger charge is 2.49. The Balaban J connectivity index is 1.50. The second-order valence-corrected chi connectivity index (χ2v) is 10.8. The van der Waals surface area contributed by atoms with Crippen molar-refractivity contribution in [1.82, 2.24) is 0 Å². The minimum absolute atomic E-state index is 0.00453. The van der Waals surface area contributed by atoms with Crippen molar-refractivity contribution in [2.45, 2.75) is 57.8 Å². The smallest absolute Gasteiger partial charge is 0.370 e. The van der Waals surface area contributed by atoms with Gasteiger partial charge in [0.25, 0.3) is 0 Å². The third-order valence-electron chi connectivity index (χ3n) is 7.43. The highest BCUT2D eigenvalue weighted by atomic mass is 19.1. The Morgan fingerprint density at radius 1 is 0.630 bits per heavy atom. The van der Waals surface area contributed by atoms with E-state index in [0.717, 1.165) is 22.3 Å². The molecule has 4 aromatic carbocycles. The fourth-order valence-corrected chi connectivity index (χ4v) is 5.15. The van der Waals surface area contributed by atoms with Crippen molar-refractivity contribution in [2.75, 3.05) is 13.2 Å². The first-order valence-electron chi connectivity index (χ1n) is 15.4. The lowest BCUT2D eigenvalue weighted by atomic mass is 9.96. The zero-order valence-electron chi connectivity index (χ0n) is 25.8. The van der Waals surface area contributed by atoms with Crippen LogP contribution < -0.4 is 0 Å². The van der Waals surface area contributed by atoms with E-state index in [9.17, 15) is 4.79 Å². The van der Waals surface area contributed by atoms with Crippen LogP contribution in [0.2, 0.25) is 0 Å². The number of halogens is 1. The third kappa shape index (κ3) is 9.34. The molecule has 0 saturated carbocycles. The zero-order valence-corrected chi connectivity index (χ0v) is 25.8. The Kier molecular flexibility index (Phi) is 12.5. The van der Waals surface area contributed by atoms with Crippen molar-refractivity contribution >= 4 is 5.97 Å². The number of benzene rings is 4. The van der Waals surface area contributed by atoms with Crippen LogP contribution in [0, 0.1) is 0 Å². The Hall–Kier alpha value is -4.34. The lowest BCUT2D eigenvalue weighted by Crippen LogP contribution is -2.56. The molecular weight excluding hydrogens is 587 g/mol. The van der Waals surface area contributed by atoms with Gasteiger partial charge in [-0.05, 0) is 29.2 Å². The lowest BCUT2D eigenvalue weighted by molar-refractivity contribution is -0.225. The van der Waals surface area contributed by atoms with Crippen molar-refractivity contribution in [1.29, 1.82) is 0 Å². The molecule has 1 aliphatic heterocycles. The number of rotatable bonds is 15. The largest absolute Gasteiger partial charge is 0.483 e. The number of hydrogen-bond donors (Lipinski definition) is 0. The minimum atomic E-state index is -1.18. The van der Waals surface area contributed by atoms with Gasteiger partial charge in [-0.1, -0.05) is 121 Å². The van der Waals surface area contributed by atoms with E-state index in [1.807, 2.05) is 121 Å². The molecule has 1 heterocycles. The van der Waals surface area contributed by atoms with E-state index in [0.29, 0.717) is 6.61 Å². The fraction of sp³-hybridized carbons (Fsp3) is 0.289. The SMILES string of the molecule is CCOC(=O)/C(F)=C1/O[C@H](COCc2ccccc2)[C@@H](OCc2ccccc2)[C@H](OCc2ccccc2)[C@@H]1OCc1ccccc1. The minimum Gasteiger partial charge on any atom is -0.483 e. The number of carbonyl (C=O) groups excluding carboxylic acids is 1. The summed E-state index contributed by atoms with van der Waals surface area (Å²) in [7, 11) is 0. The van der Waals surface area contributed by atoms with E-state index in [1.54, 1.807) is 6.92 Å². The van der Waals surface area contributed by atoms with Gasteiger partial charge < -0.3 is 28.4 Å². The van der Waals surface area contributed by atoms with Crippen molar-refractivity contribution < 1.29 is 37.6 Å². The van der Waals surface area contributed by atoms with Gasteiger partial charge in [0.05, 0.1) is 39.6 Å². The Morgan fingerprint density at radius 2 is 1.07 bits per heavy atom. The van der Waals surface area contributed by atoms with Crippen LogP contribution >= 0.6 is 0 Å². The summed E-state index contributed by atoms with van der Waals surface area (Å²) < 4.78 is 52.8. The Labute approximate surface area is 269 Å². The summed E-state index contributed by atoms with van der Waals surface area (Å²) in [4.78, 5) is 12.8. The summed E-state index contributed by atoms with van der Waals surface area (Å²) in [5.74, 6) is -2.62. The molecule has 0 bridgehead atoms. The summed E-state index contributed by atoms with van der Waals surface area (Å²) in [5, 5.41) is 0. The number of ether oxygens (including phenoxy) is 6. The van der Waals surface area contributed by atoms with E-state index < -0.39 is 36.2 Å². The maximum Gasteiger partial charge on any atom is 0.370 e. The molecule has 0 N–H and O–H groups in total. The van der Waals surface area contributed by atoms with E-state index in [1.165, 1.54) is 0 Å². The van der Waals surface area contributed by atoms with E-state index in [-0.39, 0.29) is 38.8 Å². The van der Waals surface area contributed by atoms with Gasteiger partial charge in [0.1, 0.15) is 18.3 Å². The van der Waals surface area contributed by atoms with Crippen LogP contribution in [0.1, 0.15) is 29.2 Å². The maximum atomic E-state index is 16.0. The van der Waals surface area contributed by atoms with Gasteiger partial charge in [0.15, 0.2) is 11.9 Å². The van der Waals surface area contributed by atoms with E-state index in [2.05, 4.69) is 0 Å². The number of esters is 1. The van der Waals surface area contributed by atoms with Gasteiger partial charge in [0, 0.05) is 0 Å². The molecular formula is C38H39FO7. The zero-order chi connectivity index (χ0) is 32.0. The van der Waals surface area contributed by atoms with Gasteiger partial charge >= 0.3 is 5.97 Å². The van der Waals surface area contributed by atoms with Gasteiger partial charge in [-0.3, -0.25) is 0 Å². The van der Waals surface area contributed by atoms with Gasteiger partial charge in [0.2, 0.25) is 5.83 Å². The molecule has 5 rings (SSSR count).